The Morgan fingerprint density at radius 1 is 1.06 bits per heavy atom. The number of nitrogens with one attached hydrogen (secondary N) is 1. The Kier molecular flexibility index (Phi) is 8.60. The first kappa shape index (κ1) is 27.9. The molecule has 2 saturated heterocycles. The van der Waals surface area contributed by atoms with E-state index in [0.717, 1.165) is 6.42 Å². The maximum Gasteiger partial charge on any atom is 0.245 e. The van der Waals surface area contributed by atoms with Crippen LogP contribution in [-0.4, -0.2) is 66.9 Å². The van der Waals surface area contributed by atoms with E-state index in [-0.39, 0.29) is 29.7 Å². The molecular formula is C26H40ClN3O4S. The number of hydrogen-bond donors (Lipinski definition) is 1. The average Bonchev–Trinajstić information content (AvgIpc) is 3.28. The number of halogens is 1. The van der Waals surface area contributed by atoms with Crippen LogP contribution in [0.3, 0.4) is 0 Å². The van der Waals surface area contributed by atoms with Crippen LogP contribution in [-0.2, 0) is 19.6 Å². The Labute approximate surface area is 215 Å². The third kappa shape index (κ3) is 6.20. The number of carbonyl (C=O) groups is 2. The zero-order valence-electron chi connectivity index (χ0n) is 21.8. The molecule has 2 fully saturated rings. The van der Waals surface area contributed by atoms with Gasteiger partial charge in [0, 0.05) is 31.2 Å². The lowest BCUT2D eigenvalue weighted by Crippen LogP contribution is -2.56. The molecule has 0 aliphatic carbocycles. The summed E-state index contributed by atoms with van der Waals surface area (Å²) in [5.74, 6) is -0.525. The summed E-state index contributed by atoms with van der Waals surface area (Å²) in [6.45, 7) is 13.2. The van der Waals surface area contributed by atoms with Crippen molar-refractivity contribution in [3.05, 3.63) is 34.9 Å². The number of rotatable bonds is 7. The standard InChI is InChI=1S/C26H40ClN3O4S/c1-17(2)23(28-24(31)20-11-14-30(15-20)35(33,34)18(3)4)25(32)29-13-12-22(26(5,6)16-29)19-7-9-21(27)10-8-19/h7-10,17-18,20,22-23H,11-16H2,1-6H3,(H,28,31)/t20-,22-,23-/m1/s1. The molecule has 0 bridgehead atoms. The van der Waals surface area contributed by atoms with Crippen molar-refractivity contribution in [2.75, 3.05) is 26.2 Å². The van der Waals surface area contributed by atoms with Gasteiger partial charge in [-0.05, 0) is 61.6 Å². The molecule has 0 saturated carbocycles. The summed E-state index contributed by atoms with van der Waals surface area (Å²) in [6.07, 6.45) is 1.31. The molecule has 0 aromatic heterocycles. The lowest BCUT2D eigenvalue weighted by molar-refractivity contribution is -0.141. The van der Waals surface area contributed by atoms with E-state index >= 15 is 0 Å². The molecule has 196 valence electrons. The molecule has 0 spiro atoms. The number of piperidine rings is 1. The molecule has 7 nitrogen and oxygen atoms in total. The number of hydrogen-bond acceptors (Lipinski definition) is 4. The highest BCUT2D eigenvalue weighted by atomic mass is 35.5. The molecule has 9 heteroatoms. The smallest absolute Gasteiger partial charge is 0.245 e. The molecule has 3 rings (SSSR count). The molecule has 3 atom stereocenters. The molecular weight excluding hydrogens is 486 g/mol. The fraction of sp³-hybridized carbons (Fsp3) is 0.692. The summed E-state index contributed by atoms with van der Waals surface area (Å²) in [4.78, 5) is 28.5. The van der Waals surface area contributed by atoms with Crippen LogP contribution in [0.2, 0.25) is 5.02 Å². The lowest BCUT2D eigenvalue weighted by atomic mass is 9.70. The van der Waals surface area contributed by atoms with Crippen molar-refractivity contribution in [2.24, 2.45) is 17.3 Å². The third-order valence-corrected chi connectivity index (χ3v) is 10.0. The molecule has 2 aliphatic heterocycles. The Bertz CT molecular complexity index is 1020. The van der Waals surface area contributed by atoms with E-state index in [1.165, 1.54) is 9.87 Å². The number of nitrogens with zero attached hydrogens (tertiary/aromatic N) is 2. The molecule has 1 aromatic carbocycles. The van der Waals surface area contributed by atoms with Crippen molar-refractivity contribution in [3.63, 3.8) is 0 Å². The van der Waals surface area contributed by atoms with E-state index in [0.29, 0.717) is 37.0 Å². The van der Waals surface area contributed by atoms with Crippen LogP contribution in [0.5, 0.6) is 0 Å². The number of benzene rings is 1. The second kappa shape index (κ2) is 10.8. The van der Waals surface area contributed by atoms with Gasteiger partial charge in [-0.25, -0.2) is 12.7 Å². The third-order valence-electron chi connectivity index (χ3n) is 7.52. The first-order valence-electron chi connectivity index (χ1n) is 12.6. The summed E-state index contributed by atoms with van der Waals surface area (Å²) < 4.78 is 26.4. The van der Waals surface area contributed by atoms with E-state index in [1.807, 2.05) is 30.9 Å². The highest BCUT2D eigenvalue weighted by Crippen LogP contribution is 2.42. The molecule has 1 aromatic rings. The van der Waals surface area contributed by atoms with Gasteiger partial charge in [0.25, 0.3) is 0 Å². The summed E-state index contributed by atoms with van der Waals surface area (Å²) in [5.41, 5.74) is 1.09. The zero-order valence-corrected chi connectivity index (χ0v) is 23.3. The van der Waals surface area contributed by atoms with Gasteiger partial charge >= 0.3 is 0 Å². The van der Waals surface area contributed by atoms with Crippen molar-refractivity contribution < 1.29 is 18.0 Å². The maximum absolute atomic E-state index is 13.6. The van der Waals surface area contributed by atoms with E-state index in [1.54, 1.807) is 13.8 Å². The van der Waals surface area contributed by atoms with Crippen LogP contribution < -0.4 is 5.32 Å². The molecule has 2 heterocycles. The van der Waals surface area contributed by atoms with Crippen LogP contribution in [0.4, 0.5) is 0 Å². The van der Waals surface area contributed by atoms with Gasteiger partial charge in [0.05, 0.1) is 11.2 Å². The topological polar surface area (TPSA) is 86.8 Å². The monoisotopic (exact) mass is 525 g/mol. The first-order chi connectivity index (χ1) is 16.2. The maximum atomic E-state index is 13.6. The predicted molar refractivity (Wildman–Crippen MR) is 140 cm³/mol. The van der Waals surface area contributed by atoms with Crippen molar-refractivity contribution >= 4 is 33.4 Å². The fourth-order valence-corrected chi connectivity index (χ4v) is 6.78. The van der Waals surface area contributed by atoms with Crippen LogP contribution in [0, 0.1) is 17.3 Å². The first-order valence-corrected chi connectivity index (χ1v) is 14.5. The van der Waals surface area contributed by atoms with Gasteiger partial charge in [-0.3, -0.25) is 9.59 Å². The van der Waals surface area contributed by atoms with Crippen LogP contribution in [0.15, 0.2) is 24.3 Å². The quantitative estimate of drug-likeness (QED) is 0.585. The highest BCUT2D eigenvalue weighted by molar-refractivity contribution is 7.89. The second-order valence-corrected chi connectivity index (χ2v) is 14.2. The number of sulfonamides is 1. The summed E-state index contributed by atoms with van der Waals surface area (Å²) in [6, 6.07) is 7.30. The van der Waals surface area contributed by atoms with Crippen LogP contribution in [0.1, 0.15) is 65.9 Å². The molecule has 2 amide bonds. The largest absolute Gasteiger partial charge is 0.344 e. The van der Waals surface area contributed by atoms with Crippen molar-refractivity contribution in [2.45, 2.75) is 71.6 Å². The molecule has 0 radical (unpaired) electrons. The van der Waals surface area contributed by atoms with Gasteiger partial charge in [0.1, 0.15) is 6.04 Å². The number of likely N-dealkylation sites (tertiary alicyclic amines) is 1. The number of carbonyl (C=O) groups excluding carboxylic acids is 2. The van der Waals surface area contributed by atoms with Gasteiger partial charge < -0.3 is 10.2 Å². The lowest BCUT2D eigenvalue weighted by Gasteiger charge is -2.45. The summed E-state index contributed by atoms with van der Waals surface area (Å²) in [5, 5.41) is 3.16. The summed E-state index contributed by atoms with van der Waals surface area (Å²) >= 11 is 6.06. The van der Waals surface area contributed by atoms with Gasteiger partial charge in [-0.1, -0.05) is 51.4 Å². The van der Waals surface area contributed by atoms with Gasteiger partial charge in [0.2, 0.25) is 21.8 Å². The van der Waals surface area contributed by atoms with Crippen molar-refractivity contribution in [3.8, 4) is 0 Å². The minimum absolute atomic E-state index is 0.0689. The molecule has 1 N–H and O–H groups in total. The second-order valence-electron chi connectivity index (χ2n) is 11.3. The van der Waals surface area contributed by atoms with Crippen LogP contribution in [0.25, 0.3) is 0 Å². The average molecular weight is 526 g/mol. The van der Waals surface area contributed by atoms with Crippen LogP contribution >= 0.6 is 11.6 Å². The van der Waals surface area contributed by atoms with E-state index in [9.17, 15) is 18.0 Å². The predicted octanol–water partition coefficient (Wildman–Crippen LogP) is 3.88. The van der Waals surface area contributed by atoms with Crippen molar-refractivity contribution in [1.82, 2.24) is 14.5 Å². The minimum Gasteiger partial charge on any atom is -0.344 e. The van der Waals surface area contributed by atoms with E-state index in [2.05, 4.69) is 31.3 Å². The normalized spacial score (nSPS) is 24.1. The minimum atomic E-state index is -3.39. The Morgan fingerprint density at radius 3 is 2.23 bits per heavy atom. The van der Waals surface area contributed by atoms with Gasteiger partial charge in [-0.2, -0.15) is 0 Å². The van der Waals surface area contributed by atoms with E-state index in [4.69, 9.17) is 11.6 Å². The Morgan fingerprint density at radius 2 is 1.69 bits per heavy atom. The SMILES string of the molecule is CC(C)[C@@H](NC(=O)[C@@H]1CCN(S(=O)(=O)C(C)C)C1)C(=O)N1CC[C@H](c2ccc(Cl)cc2)C(C)(C)C1. The Balaban J connectivity index is 1.66. The van der Waals surface area contributed by atoms with Crippen molar-refractivity contribution in [1.29, 1.82) is 0 Å². The molecule has 2 aliphatic rings. The number of amides is 2. The van der Waals surface area contributed by atoms with E-state index < -0.39 is 27.2 Å². The fourth-order valence-electron chi connectivity index (χ4n) is 5.31. The molecule has 0 unspecified atom stereocenters. The summed E-state index contributed by atoms with van der Waals surface area (Å²) in [7, 11) is -3.39. The zero-order chi connectivity index (χ0) is 26.1. The van der Waals surface area contributed by atoms with Gasteiger partial charge in [-0.15, -0.1) is 0 Å². The highest BCUT2D eigenvalue weighted by Gasteiger charge is 2.42. The Hall–Kier alpha value is -1.64. The van der Waals surface area contributed by atoms with Gasteiger partial charge in [0.15, 0.2) is 0 Å². The molecule has 35 heavy (non-hydrogen) atoms.